The highest BCUT2D eigenvalue weighted by atomic mass is 19.3. The summed E-state index contributed by atoms with van der Waals surface area (Å²) in [6.45, 7) is -4.86. The molecule has 0 radical (unpaired) electrons. The third-order valence-corrected chi connectivity index (χ3v) is 6.74. The van der Waals surface area contributed by atoms with Crippen molar-refractivity contribution in [2.24, 2.45) is 0 Å². The van der Waals surface area contributed by atoms with Crippen LogP contribution in [-0.2, 0) is 19.4 Å². The van der Waals surface area contributed by atoms with Gasteiger partial charge in [-0.1, -0.05) is 36.4 Å². The van der Waals surface area contributed by atoms with Gasteiger partial charge in [0, 0.05) is 37.3 Å². The zero-order chi connectivity index (χ0) is 27.4. The van der Waals surface area contributed by atoms with E-state index in [1.807, 2.05) is 24.3 Å². The van der Waals surface area contributed by atoms with E-state index in [0.717, 1.165) is 36.5 Å². The molecular weight excluding hydrogens is 514 g/mol. The van der Waals surface area contributed by atoms with Gasteiger partial charge in [-0.15, -0.1) is 0 Å². The Bertz CT molecular complexity index is 1400. The smallest absolute Gasteiger partial charge is 0.387 e. The number of halogens is 4. The highest BCUT2D eigenvalue weighted by Crippen LogP contribution is 2.37. The fourth-order valence-electron chi connectivity index (χ4n) is 4.85. The molecule has 0 N–H and O–H groups in total. The van der Waals surface area contributed by atoms with E-state index in [2.05, 4.69) is 26.5 Å². The number of aromatic nitrogens is 2. The van der Waals surface area contributed by atoms with Crippen molar-refractivity contribution in [2.75, 3.05) is 11.4 Å². The van der Waals surface area contributed by atoms with Crippen LogP contribution in [0.25, 0.3) is 0 Å². The van der Waals surface area contributed by atoms with E-state index in [9.17, 15) is 22.8 Å². The maximum atomic E-state index is 13.1. The number of benzene rings is 2. The lowest BCUT2D eigenvalue weighted by Gasteiger charge is -2.30. The molecule has 2 aromatic heterocycles. The van der Waals surface area contributed by atoms with Crippen molar-refractivity contribution in [3.05, 3.63) is 118 Å². The molecule has 6 nitrogen and oxygen atoms in total. The third kappa shape index (κ3) is 6.39. The molecule has 1 aliphatic rings. The van der Waals surface area contributed by atoms with Crippen molar-refractivity contribution in [1.29, 1.82) is 0 Å². The van der Waals surface area contributed by atoms with Crippen molar-refractivity contribution in [1.82, 2.24) is 4.98 Å². The normalized spacial score (nSPS) is 13.8. The predicted molar refractivity (Wildman–Crippen MR) is 136 cm³/mol. The summed E-state index contributed by atoms with van der Waals surface area (Å²) in [5.74, 6) is -0.577. The van der Waals surface area contributed by atoms with Crippen molar-refractivity contribution in [3.63, 3.8) is 0 Å². The van der Waals surface area contributed by atoms with Crippen molar-refractivity contribution in [3.8, 4) is 11.5 Å². The molecule has 2 aromatic carbocycles. The zero-order valence-electron chi connectivity index (χ0n) is 20.7. The van der Waals surface area contributed by atoms with Gasteiger partial charge in [0.1, 0.15) is 5.82 Å². The van der Waals surface area contributed by atoms with Gasteiger partial charge in [-0.25, -0.2) is 4.98 Å². The van der Waals surface area contributed by atoms with Crippen LogP contribution < -0.4 is 19.1 Å². The summed E-state index contributed by atoms with van der Waals surface area (Å²) in [7, 11) is 0. The average molecular weight is 540 g/mol. The molecular formula is C29H25F4N3O3. The Hall–Kier alpha value is -4.34. The van der Waals surface area contributed by atoms with Crippen LogP contribution in [0.3, 0.4) is 0 Å². The van der Waals surface area contributed by atoms with E-state index in [0.29, 0.717) is 16.7 Å². The van der Waals surface area contributed by atoms with E-state index in [1.165, 1.54) is 41.7 Å². The number of ether oxygens (including phenoxy) is 2. The van der Waals surface area contributed by atoms with Crippen LogP contribution in [-0.4, -0.2) is 24.8 Å². The minimum atomic E-state index is -3.23. The van der Waals surface area contributed by atoms with Gasteiger partial charge in [-0.05, 0) is 58.9 Å². The van der Waals surface area contributed by atoms with Crippen LogP contribution in [0.2, 0.25) is 0 Å². The first kappa shape index (κ1) is 26.3. The first-order valence-corrected chi connectivity index (χ1v) is 12.3. The minimum Gasteiger partial charge on any atom is -0.619 e. The fraction of sp³-hybridized carbons (Fsp3) is 0.241. The SMILES string of the molecule is [O-][n+]1ccc(CC(c2ccc(N3CCc4ccccc4C3)nc2)c2ccc(OC(F)F)c(OC(F)F)c2)cc1. The van der Waals surface area contributed by atoms with Crippen LogP contribution in [0.5, 0.6) is 11.5 Å². The standard InChI is InChI=1S/C29H25F4N3O3/c30-28(31)38-25-7-5-21(16-26(25)39-29(32)33)24(15-19-9-13-36(37)14-10-19)22-6-8-27(34-17-22)35-12-11-20-3-1-2-4-23(20)18-35/h1-10,13-14,16-17,24,28-29H,11-12,15,18H2. The number of rotatable bonds is 9. The molecule has 0 saturated heterocycles. The average Bonchev–Trinajstić information content (AvgIpc) is 2.93. The number of pyridine rings is 2. The molecule has 0 bridgehead atoms. The molecule has 0 amide bonds. The van der Waals surface area contributed by atoms with Gasteiger partial charge < -0.3 is 19.6 Å². The molecule has 0 spiro atoms. The summed E-state index contributed by atoms with van der Waals surface area (Å²) in [5, 5.41) is 11.5. The Morgan fingerprint density at radius 1 is 0.846 bits per heavy atom. The molecule has 1 unspecified atom stereocenters. The van der Waals surface area contributed by atoms with E-state index in [4.69, 9.17) is 4.98 Å². The Labute approximate surface area is 222 Å². The summed E-state index contributed by atoms with van der Waals surface area (Å²) in [6.07, 6.45) is 5.77. The molecule has 5 rings (SSSR count). The van der Waals surface area contributed by atoms with Gasteiger partial charge in [0.2, 0.25) is 0 Å². The fourth-order valence-corrected chi connectivity index (χ4v) is 4.85. The molecule has 1 atom stereocenters. The second-order valence-corrected chi connectivity index (χ2v) is 9.18. The van der Waals surface area contributed by atoms with Gasteiger partial charge in [0.05, 0.1) is 0 Å². The monoisotopic (exact) mass is 539 g/mol. The van der Waals surface area contributed by atoms with Crippen LogP contribution in [0.15, 0.2) is 85.3 Å². The third-order valence-electron chi connectivity index (χ3n) is 6.74. The number of hydrogen-bond acceptors (Lipinski definition) is 5. The second kappa shape index (κ2) is 11.6. The lowest BCUT2D eigenvalue weighted by Crippen LogP contribution is -2.30. The molecule has 3 heterocycles. The maximum Gasteiger partial charge on any atom is 0.387 e. The van der Waals surface area contributed by atoms with Gasteiger partial charge >= 0.3 is 13.2 Å². The second-order valence-electron chi connectivity index (χ2n) is 9.18. The van der Waals surface area contributed by atoms with E-state index in [-0.39, 0.29) is 0 Å². The van der Waals surface area contributed by atoms with Gasteiger partial charge in [-0.2, -0.15) is 22.3 Å². The van der Waals surface area contributed by atoms with E-state index < -0.39 is 30.6 Å². The van der Waals surface area contributed by atoms with Crippen LogP contribution in [0.4, 0.5) is 23.4 Å². The van der Waals surface area contributed by atoms with Crippen LogP contribution in [0, 0.1) is 5.21 Å². The summed E-state index contributed by atoms with van der Waals surface area (Å²) >= 11 is 0. The number of alkyl halides is 4. The minimum absolute atomic E-state index is 0.391. The summed E-state index contributed by atoms with van der Waals surface area (Å²) in [6, 6.07) is 19.5. The predicted octanol–water partition coefficient (Wildman–Crippen LogP) is 5.86. The lowest BCUT2D eigenvalue weighted by molar-refractivity contribution is -0.605. The summed E-state index contributed by atoms with van der Waals surface area (Å²) in [4.78, 5) is 6.89. The number of fused-ring (bicyclic) bond motifs is 1. The number of nitrogens with zero attached hydrogens (tertiary/aromatic N) is 3. The zero-order valence-corrected chi connectivity index (χ0v) is 20.7. The molecule has 0 saturated carbocycles. The van der Waals surface area contributed by atoms with Crippen LogP contribution >= 0.6 is 0 Å². The van der Waals surface area contributed by atoms with Crippen LogP contribution in [0.1, 0.15) is 33.7 Å². The molecule has 0 fully saturated rings. The first-order chi connectivity index (χ1) is 18.9. The van der Waals surface area contributed by atoms with Crippen molar-refractivity contribution >= 4 is 5.82 Å². The number of anilines is 1. The molecule has 202 valence electrons. The van der Waals surface area contributed by atoms with Crippen molar-refractivity contribution < 1.29 is 31.8 Å². The Morgan fingerprint density at radius 2 is 1.54 bits per heavy atom. The molecule has 39 heavy (non-hydrogen) atoms. The maximum absolute atomic E-state index is 13.1. The highest BCUT2D eigenvalue weighted by Gasteiger charge is 2.22. The molecule has 1 aliphatic heterocycles. The quantitative estimate of drug-likeness (QED) is 0.152. The summed E-state index contributed by atoms with van der Waals surface area (Å²) < 4.78 is 61.4. The van der Waals surface area contributed by atoms with Gasteiger partial charge in [-0.3, -0.25) is 0 Å². The molecule has 0 aliphatic carbocycles. The van der Waals surface area contributed by atoms with Gasteiger partial charge in [0.15, 0.2) is 23.9 Å². The number of hydrogen-bond donors (Lipinski definition) is 0. The molecule has 10 heteroatoms. The van der Waals surface area contributed by atoms with E-state index in [1.54, 1.807) is 18.3 Å². The van der Waals surface area contributed by atoms with Crippen molar-refractivity contribution in [2.45, 2.75) is 38.5 Å². The first-order valence-electron chi connectivity index (χ1n) is 12.3. The molecule has 4 aromatic rings. The van der Waals surface area contributed by atoms with Gasteiger partial charge in [0.25, 0.3) is 0 Å². The lowest BCUT2D eigenvalue weighted by atomic mass is 9.86. The Kier molecular flexibility index (Phi) is 7.81. The summed E-state index contributed by atoms with van der Waals surface area (Å²) in [5.41, 5.74) is 4.71. The Balaban J connectivity index is 1.47. The Morgan fingerprint density at radius 3 is 2.23 bits per heavy atom. The topological polar surface area (TPSA) is 61.5 Å². The highest BCUT2D eigenvalue weighted by molar-refractivity contribution is 5.49. The van der Waals surface area contributed by atoms with E-state index >= 15 is 0 Å². The largest absolute Gasteiger partial charge is 0.619 e.